The van der Waals surface area contributed by atoms with E-state index in [9.17, 15) is 9.59 Å². The molecule has 0 aliphatic carbocycles. The summed E-state index contributed by atoms with van der Waals surface area (Å²) in [5.74, 6) is -0.274. The molecule has 0 aliphatic rings. The van der Waals surface area contributed by atoms with E-state index in [4.69, 9.17) is 0 Å². The lowest BCUT2D eigenvalue weighted by Crippen LogP contribution is -2.34. The maximum Gasteiger partial charge on any atom is 0.295 e. The molecule has 7 nitrogen and oxygen atoms in total. The molecule has 0 saturated carbocycles. The Morgan fingerprint density at radius 2 is 1.77 bits per heavy atom. The standard InChI is InChI=1S/C23H23N5O2/c1-15-8-7-9-18(12-15)13-24-20(29)14-27-23(30)22-21(16(2)25-27)17(3)28(26-22)19-10-5-4-6-11-19/h4-12H,13-14H2,1-3H3,(H,24,29). The van der Waals surface area contributed by atoms with Crippen LogP contribution in [0.5, 0.6) is 0 Å². The molecule has 30 heavy (non-hydrogen) atoms. The minimum atomic E-state index is -0.376. The maximum absolute atomic E-state index is 13.0. The molecular formula is C23H23N5O2. The first-order valence-corrected chi connectivity index (χ1v) is 9.79. The van der Waals surface area contributed by atoms with Gasteiger partial charge in [-0.2, -0.15) is 10.2 Å². The van der Waals surface area contributed by atoms with E-state index in [0.29, 0.717) is 17.8 Å². The number of hydrogen-bond acceptors (Lipinski definition) is 4. The van der Waals surface area contributed by atoms with Crippen LogP contribution < -0.4 is 10.9 Å². The van der Waals surface area contributed by atoms with Crippen molar-refractivity contribution in [2.75, 3.05) is 0 Å². The van der Waals surface area contributed by atoms with Crippen LogP contribution in [0, 0.1) is 20.8 Å². The Hall–Kier alpha value is -3.74. The van der Waals surface area contributed by atoms with Crippen molar-refractivity contribution in [3.63, 3.8) is 0 Å². The van der Waals surface area contributed by atoms with Crippen molar-refractivity contribution >= 4 is 16.8 Å². The van der Waals surface area contributed by atoms with E-state index in [-0.39, 0.29) is 18.0 Å². The number of fused-ring (bicyclic) bond motifs is 1. The van der Waals surface area contributed by atoms with Crippen molar-refractivity contribution < 1.29 is 4.79 Å². The summed E-state index contributed by atoms with van der Waals surface area (Å²) in [4.78, 5) is 25.4. The number of carbonyl (C=O) groups excluding carboxylic acids is 1. The molecule has 0 bridgehead atoms. The molecule has 4 aromatic rings. The molecule has 0 aliphatic heterocycles. The molecule has 0 unspecified atom stereocenters. The second-order valence-electron chi connectivity index (χ2n) is 7.37. The van der Waals surface area contributed by atoms with Gasteiger partial charge in [0.15, 0.2) is 5.52 Å². The first-order chi connectivity index (χ1) is 14.4. The summed E-state index contributed by atoms with van der Waals surface area (Å²) < 4.78 is 2.92. The predicted octanol–water partition coefficient (Wildman–Crippen LogP) is 2.82. The van der Waals surface area contributed by atoms with Gasteiger partial charge in [-0.3, -0.25) is 9.59 Å². The molecule has 7 heteroatoms. The summed E-state index contributed by atoms with van der Waals surface area (Å²) in [6, 6.07) is 17.5. The zero-order valence-corrected chi connectivity index (χ0v) is 17.2. The molecule has 4 rings (SSSR count). The number of nitrogens with zero attached hydrogens (tertiary/aromatic N) is 4. The highest BCUT2D eigenvalue weighted by molar-refractivity contribution is 5.83. The van der Waals surface area contributed by atoms with E-state index in [0.717, 1.165) is 27.9 Å². The van der Waals surface area contributed by atoms with Gasteiger partial charge in [0.25, 0.3) is 5.56 Å². The van der Waals surface area contributed by atoms with Gasteiger partial charge in [0.05, 0.1) is 22.5 Å². The Balaban J connectivity index is 1.61. The second kappa shape index (κ2) is 7.94. The zero-order valence-electron chi connectivity index (χ0n) is 17.2. The monoisotopic (exact) mass is 401 g/mol. The zero-order chi connectivity index (χ0) is 21.3. The van der Waals surface area contributed by atoms with E-state index in [1.165, 1.54) is 4.68 Å². The number of hydrogen-bond donors (Lipinski definition) is 1. The van der Waals surface area contributed by atoms with Crippen LogP contribution in [0.25, 0.3) is 16.6 Å². The van der Waals surface area contributed by atoms with Crippen molar-refractivity contribution in [3.05, 3.63) is 87.5 Å². The Labute approximate surface area is 174 Å². The summed E-state index contributed by atoms with van der Waals surface area (Å²) in [5.41, 5.74) is 4.45. The normalized spacial score (nSPS) is 11.0. The third kappa shape index (κ3) is 3.74. The van der Waals surface area contributed by atoms with Crippen LogP contribution in [0.1, 0.15) is 22.5 Å². The fourth-order valence-electron chi connectivity index (χ4n) is 3.63. The summed E-state index contributed by atoms with van der Waals surface area (Å²) in [7, 11) is 0. The quantitative estimate of drug-likeness (QED) is 0.558. The highest BCUT2D eigenvalue weighted by Crippen LogP contribution is 2.20. The summed E-state index contributed by atoms with van der Waals surface area (Å²) >= 11 is 0. The number of aromatic nitrogens is 4. The molecule has 2 heterocycles. The SMILES string of the molecule is Cc1cccc(CNC(=O)Cn2nc(C)c3c(C)n(-c4ccccc4)nc3c2=O)c1. The van der Waals surface area contributed by atoms with Crippen LogP contribution in [0.3, 0.4) is 0 Å². The molecule has 0 spiro atoms. The highest BCUT2D eigenvalue weighted by atomic mass is 16.2. The fraction of sp³-hybridized carbons (Fsp3) is 0.217. The van der Waals surface area contributed by atoms with Crippen molar-refractivity contribution in [2.24, 2.45) is 0 Å². The maximum atomic E-state index is 13.0. The molecule has 0 radical (unpaired) electrons. The molecule has 0 atom stereocenters. The van der Waals surface area contributed by atoms with Crippen molar-refractivity contribution in [3.8, 4) is 5.69 Å². The van der Waals surface area contributed by atoms with Crippen molar-refractivity contribution in [1.29, 1.82) is 0 Å². The third-order valence-electron chi connectivity index (χ3n) is 5.05. The van der Waals surface area contributed by atoms with Gasteiger partial charge in [-0.25, -0.2) is 9.36 Å². The average molecular weight is 401 g/mol. The van der Waals surface area contributed by atoms with Gasteiger partial charge in [0.2, 0.25) is 5.91 Å². The van der Waals surface area contributed by atoms with E-state index < -0.39 is 0 Å². The lowest BCUT2D eigenvalue weighted by Gasteiger charge is -2.08. The molecule has 152 valence electrons. The topological polar surface area (TPSA) is 81.8 Å². The third-order valence-corrected chi connectivity index (χ3v) is 5.05. The molecule has 1 amide bonds. The summed E-state index contributed by atoms with van der Waals surface area (Å²) in [6.07, 6.45) is 0. The van der Waals surface area contributed by atoms with Gasteiger partial charge in [-0.1, -0.05) is 48.0 Å². The van der Waals surface area contributed by atoms with Crippen LogP contribution >= 0.6 is 0 Å². The Bertz CT molecular complexity index is 1290. The highest BCUT2D eigenvalue weighted by Gasteiger charge is 2.18. The largest absolute Gasteiger partial charge is 0.350 e. The molecule has 2 aromatic carbocycles. The Morgan fingerprint density at radius 3 is 2.50 bits per heavy atom. The lowest BCUT2D eigenvalue weighted by atomic mass is 10.1. The van der Waals surface area contributed by atoms with Crippen LogP contribution in [0.2, 0.25) is 0 Å². The van der Waals surface area contributed by atoms with Gasteiger partial charge in [0, 0.05) is 6.54 Å². The second-order valence-corrected chi connectivity index (χ2v) is 7.37. The van der Waals surface area contributed by atoms with Crippen LogP contribution in [-0.2, 0) is 17.9 Å². The first kappa shape index (κ1) is 19.6. The molecular weight excluding hydrogens is 378 g/mol. The number of nitrogens with one attached hydrogen (secondary N) is 1. The van der Waals surface area contributed by atoms with Gasteiger partial charge in [0.1, 0.15) is 6.54 Å². The smallest absolute Gasteiger partial charge is 0.295 e. The van der Waals surface area contributed by atoms with Gasteiger partial charge >= 0.3 is 0 Å². The first-order valence-electron chi connectivity index (χ1n) is 9.79. The number of rotatable bonds is 5. The van der Waals surface area contributed by atoms with Crippen LogP contribution in [0.4, 0.5) is 0 Å². The molecule has 0 fully saturated rings. The number of aryl methyl sites for hydroxylation is 3. The molecule has 1 N–H and O–H groups in total. The summed E-state index contributed by atoms with van der Waals surface area (Å²) in [6.45, 7) is 5.99. The van der Waals surface area contributed by atoms with E-state index >= 15 is 0 Å². The summed E-state index contributed by atoms with van der Waals surface area (Å²) in [5, 5.41) is 12.5. The van der Waals surface area contributed by atoms with Gasteiger partial charge < -0.3 is 5.32 Å². The fourth-order valence-corrected chi connectivity index (χ4v) is 3.63. The minimum Gasteiger partial charge on any atom is -0.350 e. The van der Waals surface area contributed by atoms with Gasteiger partial charge in [-0.05, 0) is 38.5 Å². The Morgan fingerprint density at radius 1 is 1.00 bits per heavy atom. The van der Waals surface area contributed by atoms with E-state index in [2.05, 4.69) is 15.5 Å². The average Bonchev–Trinajstić information content (AvgIpc) is 3.09. The van der Waals surface area contributed by atoms with E-state index in [1.807, 2.05) is 75.4 Å². The number of para-hydroxylation sites is 1. The Kier molecular flexibility index (Phi) is 5.18. The van der Waals surface area contributed by atoms with Crippen molar-refractivity contribution in [1.82, 2.24) is 24.9 Å². The predicted molar refractivity (Wildman–Crippen MR) is 116 cm³/mol. The number of carbonyl (C=O) groups is 1. The number of amides is 1. The van der Waals surface area contributed by atoms with E-state index in [1.54, 1.807) is 4.68 Å². The van der Waals surface area contributed by atoms with Crippen LogP contribution in [-0.4, -0.2) is 25.5 Å². The van der Waals surface area contributed by atoms with Crippen LogP contribution in [0.15, 0.2) is 59.4 Å². The minimum absolute atomic E-state index is 0.154. The lowest BCUT2D eigenvalue weighted by molar-refractivity contribution is -0.122. The van der Waals surface area contributed by atoms with Crippen molar-refractivity contribution in [2.45, 2.75) is 33.9 Å². The molecule has 0 saturated heterocycles. The number of benzene rings is 2. The molecule has 2 aromatic heterocycles. The van der Waals surface area contributed by atoms with Gasteiger partial charge in [-0.15, -0.1) is 0 Å².